The normalized spacial score (nSPS) is 12.6. The molecule has 2 N–H and O–H groups in total. The second-order valence-electron chi connectivity index (χ2n) is 8.53. The highest BCUT2D eigenvalue weighted by Crippen LogP contribution is 2.11. The van der Waals surface area contributed by atoms with Crippen molar-refractivity contribution < 1.29 is 23.9 Å². The number of rotatable bonds is 7. The summed E-state index contributed by atoms with van der Waals surface area (Å²) in [6, 6.07) is 8.50. The zero-order chi connectivity index (χ0) is 21.4. The van der Waals surface area contributed by atoms with E-state index in [1.165, 1.54) is 0 Å². The van der Waals surface area contributed by atoms with Crippen molar-refractivity contribution in [2.45, 2.75) is 78.2 Å². The van der Waals surface area contributed by atoms with E-state index in [0.29, 0.717) is 6.54 Å². The standard InChI is InChI=1S/C21H32N2O5/c1-20(2,3)27-17(24)13-12-16(23-19(26)28-21(4,5)6)18(25)22-14-15-10-8-7-9-11-15/h7-11,16H,12-14H2,1-6H3,(H,22,25)(H,23,26)/t16-/m0/s1. The molecule has 1 rings (SSSR count). The lowest BCUT2D eigenvalue weighted by Gasteiger charge is -2.24. The molecule has 7 nitrogen and oxygen atoms in total. The van der Waals surface area contributed by atoms with E-state index in [4.69, 9.17) is 9.47 Å². The van der Waals surface area contributed by atoms with Crippen molar-refractivity contribution in [1.82, 2.24) is 10.6 Å². The summed E-state index contributed by atoms with van der Waals surface area (Å²) in [5, 5.41) is 5.32. The van der Waals surface area contributed by atoms with Gasteiger partial charge >= 0.3 is 12.1 Å². The fourth-order valence-corrected chi connectivity index (χ4v) is 2.28. The number of carbonyl (C=O) groups is 3. The number of hydrogen-bond donors (Lipinski definition) is 2. The molecule has 0 aliphatic heterocycles. The lowest BCUT2D eigenvalue weighted by atomic mass is 10.1. The maximum atomic E-state index is 12.6. The number of nitrogens with one attached hydrogen (secondary N) is 2. The van der Waals surface area contributed by atoms with Gasteiger partial charge in [-0.15, -0.1) is 0 Å². The van der Waals surface area contributed by atoms with Crippen LogP contribution < -0.4 is 10.6 Å². The molecule has 156 valence electrons. The van der Waals surface area contributed by atoms with E-state index < -0.39 is 35.2 Å². The molecule has 0 unspecified atom stereocenters. The van der Waals surface area contributed by atoms with Crippen LogP contribution in [0.2, 0.25) is 0 Å². The number of carbonyl (C=O) groups excluding carboxylic acids is 3. The molecule has 7 heteroatoms. The first-order chi connectivity index (χ1) is 12.9. The SMILES string of the molecule is CC(C)(C)OC(=O)CC[C@H](NC(=O)OC(C)(C)C)C(=O)NCc1ccccc1. The van der Waals surface area contributed by atoms with Crippen LogP contribution in [0.1, 0.15) is 59.9 Å². The van der Waals surface area contributed by atoms with E-state index in [-0.39, 0.29) is 12.8 Å². The second kappa shape index (κ2) is 10.1. The van der Waals surface area contributed by atoms with Gasteiger partial charge in [0.2, 0.25) is 5.91 Å². The monoisotopic (exact) mass is 392 g/mol. The molecule has 0 heterocycles. The number of hydrogen-bond acceptors (Lipinski definition) is 5. The summed E-state index contributed by atoms with van der Waals surface area (Å²) >= 11 is 0. The van der Waals surface area contributed by atoms with Gasteiger partial charge in [-0.2, -0.15) is 0 Å². The lowest BCUT2D eigenvalue weighted by Crippen LogP contribution is -2.48. The predicted octanol–water partition coefficient (Wildman–Crippen LogP) is 3.32. The molecule has 1 aromatic carbocycles. The maximum absolute atomic E-state index is 12.6. The van der Waals surface area contributed by atoms with Crippen molar-refractivity contribution in [2.24, 2.45) is 0 Å². The Balaban J connectivity index is 2.71. The lowest BCUT2D eigenvalue weighted by molar-refractivity contribution is -0.155. The first-order valence-corrected chi connectivity index (χ1v) is 9.39. The molecule has 0 aliphatic rings. The molecule has 0 bridgehead atoms. The predicted molar refractivity (Wildman–Crippen MR) is 107 cm³/mol. The van der Waals surface area contributed by atoms with E-state index >= 15 is 0 Å². The molecule has 0 spiro atoms. The van der Waals surface area contributed by atoms with Crippen molar-refractivity contribution in [3.8, 4) is 0 Å². The summed E-state index contributed by atoms with van der Waals surface area (Å²) in [7, 11) is 0. The molecule has 0 aliphatic carbocycles. The molecule has 0 saturated heterocycles. The summed E-state index contributed by atoms with van der Waals surface area (Å²) in [5.41, 5.74) is -0.375. The Kier molecular flexibility index (Phi) is 8.47. The molecular formula is C21H32N2O5. The van der Waals surface area contributed by atoms with Crippen LogP contribution in [-0.4, -0.2) is 35.2 Å². The topological polar surface area (TPSA) is 93.7 Å². The fraction of sp³-hybridized carbons (Fsp3) is 0.571. The van der Waals surface area contributed by atoms with Gasteiger partial charge in [-0.3, -0.25) is 9.59 Å². The van der Waals surface area contributed by atoms with Gasteiger partial charge in [0.25, 0.3) is 0 Å². The average Bonchev–Trinajstić information content (AvgIpc) is 2.54. The highest BCUT2D eigenvalue weighted by Gasteiger charge is 2.26. The summed E-state index contributed by atoms with van der Waals surface area (Å²) in [5.74, 6) is -0.822. The van der Waals surface area contributed by atoms with Crippen molar-refractivity contribution in [2.75, 3.05) is 0 Å². The third kappa shape index (κ3) is 10.5. The Labute approximate surface area is 167 Å². The summed E-state index contributed by atoms with van der Waals surface area (Å²) < 4.78 is 10.5. The van der Waals surface area contributed by atoms with Crippen LogP contribution in [0.15, 0.2) is 30.3 Å². The van der Waals surface area contributed by atoms with Gasteiger partial charge in [-0.1, -0.05) is 30.3 Å². The van der Waals surface area contributed by atoms with Crippen LogP contribution in [0, 0.1) is 0 Å². The van der Waals surface area contributed by atoms with Gasteiger partial charge in [0, 0.05) is 13.0 Å². The van der Waals surface area contributed by atoms with Crippen LogP contribution in [0.25, 0.3) is 0 Å². The zero-order valence-corrected chi connectivity index (χ0v) is 17.6. The van der Waals surface area contributed by atoms with Crippen LogP contribution >= 0.6 is 0 Å². The van der Waals surface area contributed by atoms with Gasteiger partial charge < -0.3 is 20.1 Å². The largest absolute Gasteiger partial charge is 0.460 e. The number of amides is 2. The third-order valence-corrected chi connectivity index (χ3v) is 3.37. The number of alkyl carbamates (subject to hydrolysis) is 1. The van der Waals surface area contributed by atoms with Gasteiger partial charge in [0.15, 0.2) is 0 Å². The van der Waals surface area contributed by atoms with Crippen LogP contribution in [0.4, 0.5) is 4.79 Å². The summed E-state index contributed by atoms with van der Waals surface area (Å²) in [6.45, 7) is 10.8. The van der Waals surface area contributed by atoms with Crippen LogP contribution in [-0.2, 0) is 25.6 Å². The van der Waals surface area contributed by atoms with Gasteiger partial charge in [-0.25, -0.2) is 4.79 Å². The molecule has 2 amide bonds. The minimum Gasteiger partial charge on any atom is -0.460 e. The molecule has 28 heavy (non-hydrogen) atoms. The second-order valence-corrected chi connectivity index (χ2v) is 8.53. The summed E-state index contributed by atoms with van der Waals surface area (Å²) in [6.07, 6.45) is -0.609. The van der Waals surface area contributed by atoms with Crippen molar-refractivity contribution in [3.63, 3.8) is 0 Å². The van der Waals surface area contributed by atoms with Crippen molar-refractivity contribution in [1.29, 1.82) is 0 Å². The Morgan fingerprint density at radius 2 is 1.50 bits per heavy atom. The quantitative estimate of drug-likeness (QED) is 0.694. The van der Waals surface area contributed by atoms with E-state index in [1.54, 1.807) is 41.5 Å². The van der Waals surface area contributed by atoms with E-state index in [9.17, 15) is 14.4 Å². The minimum absolute atomic E-state index is 0.00348. The smallest absolute Gasteiger partial charge is 0.408 e. The fourth-order valence-electron chi connectivity index (χ4n) is 2.28. The maximum Gasteiger partial charge on any atom is 0.408 e. The Hall–Kier alpha value is -2.57. The molecule has 0 saturated carbocycles. The van der Waals surface area contributed by atoms with Crippen LogP contribution in [0.3, 0.4) is 0 Å². The number of ether oxygens (including phenoxy) is 2. The molecule has 1 aromatic rings. The van der Waals surface area contributed by atoms with Crippen LogP contribution in [0.5, 0.6) is 0 Å². The Bertz CT molecular complexity index is 660. The Morgan fingerprint density at radius 3 is 2.04 bits per heavy atom. The van der Waals surface area contributed by atoms with E-state index in [0.717, 1.165) is 5.56 Å². The number of esters is 1. The highest BCUT2D eigenvalue weighted by molar-refractivity contribution is 5.86. The van der Waals surface area contributed by atoms with Gasteiger partial charge in [-0.05, 0) is 53.5 Å². The molecule has 1 atom stereocenters. The summed E-state index contributed by atoms with van der Waals surface area (Å²) in [4.78, 5) is 36.7. The molecule has 0 fully saturated rings. The molecule has 0 aromatic heterocycles. The molecule has 0 radical (unpaired) electrons. The first-order valence-electron chi connectivity index (χ1n) is 9.39. The van der Waals surface area contributed by atoms with Gasteiger partial charge in [0.05, 0.1) is 0 Å². The average molecular weight is 392 g/mol. The van der Waals surface area contributed by atoms with Gasteiger partial charge in [0.1, 0.15) is 17.2 Å². The third-order valence-electron chi connectivity index (χ3n) is 3.37. The van der Waals surface area contributed by atoms with E-state index in [2.05, 4.69) is 10.6 Å². The first kappa shape index (κ1) is 23.5. The van der Waals surface area contributed by atoms with Crippen molar-refractivity contribution in [3.05, 3.63) is 35.9 Å². The van der Waals surface area contributed by atoms with E-state index in [1.807, 2.05) is 30.3 Å². The zero-order valence-electron chi connectivity index (χ0n) is 17.6. The number of benzene rings is 1. The minimum atomic E-state index is -0.911. The molecular weight excluding hydrogens is 360 g/mol. The van der Waals surface area contributed by atoms with Crippen molar-refractivity contribution >= 4 is 18.0 Å². The Morgan fingerprint density at radius 1 is 0.929 bits per heavy atom. The highest BCUT2D eigenvalue weighted by atomic mass is 16.6.